The normalized spacial score (nSPS) is 11.9. The summed E-state index contributed by atoms with van der Waals surface area (Å²) < 4.78 is 36.1. The van der Waals surface area contributed by atoms with E-state index >= 15 is 0 Å². The van der Waals surface area contributed by atoms with Gasteiger partial charge >= 0.3 is 6.18 Å². The molecule has 0 aliphatic rings. The van der Waals surface area contributed by atoms with Crippen LogP contribution < -0.4 is 0 Å². The highest BCUT2D eigenvalue weighted by molar-refractivity contribution is 6.34. The maximum atomic E-state index is 12.0. The van der Waals surface area contributed by atoms with E-state index in [1.165, 1.54) is 0 Å². The smallest absolute Gasteiger partial charge is 0.220 e. The lowest BCUT2D eigenvalue weighted by atomic mass is 10.2. The molecule has 0 radical (unpaired) electrons. The number of alkyl halides is 3. The molecule has 0 N–H and O–H groups in total. The molecular weight excluding hydrogens is 252 g/mol. The number of nitrogens with zero attached hydrogens (tertiary/aromatic N) is 2. The van der Waals surface area contributed by atoms with Gasteiger partial charge in [0.05, 0.1) is 0 Å². The van der Waals surface area contributed by atoms with Gasteiger partial charge in [-0.3, -0.25) is 0 Å². The van der Waals surface area contributed by atoms with Crippen molar-refractivity contribution in [3.63, 3.8) is 0 Å². The van der Waals surface area contributed by atoms with Crippen LogP contribution in [-0.4, -0.2) is 16.1 Å². The van der Waals surface area contributed by atoms with Gasteiger partial charge in [0, 0.05) is 5.56 Å². The number of rotatable bonds is 2. The summed E-state index contributed by atoms with van der Waals surface area (Å²) in [5.74, 6) is -0.408. The van der Waals surface area contributed by atoms with Crippen LogP contribution in [0.3, 0.4) is 0 Å². The molecule has 0 aliphatic heterocycles. The van der Waals surface area contributed by atoms with Crippen LogP contribution in [0.1, 0.15) is 18.3 Å². The average molecular weight is 259 g/mol. The van der Waals surface area contributed by atoms with Crippen molar-refractivity contribution in [3.8, 4) is 0 Å². The van der Waals surface area contributed by atoms with Gasteiger partial charge in [0.25, 0.3) is 0 Å². The molecule has 15 heavy (non-hydrogen) atoms. The first-order chi connectivity index (χ1) is 6.83. The Kier molecular flexibility index (Phi) is 3.78. The SMILES string of the molecule is CCc1c(Cl)nc(CC(F)(F)F)nc1Cl. The first kappa shape index (κ1) is 12.5. The lowest BCUT2D eigenvalue weighted by molar-refractivity contribution is -0.128. The minimum atomic E-state index is -4.36. The molecule has 2 nitrogen and oxygen atoms in total. The molecule has 0 saturated carbocycles. The maximum Gasteiger partial charge on any atom is 0.396 e. The fourth-order valence-electron chi connectivity index (χ4n) is 1.02. The summed E-state index contributed by atoms with van der Waals surface area (Å²) >= 11 is 11.3. The maximum absolute atomic E-state index is 12.0. The van der Waals surface area contributed by atoms with Crippen molar-refractivity contribution in [1.82, 2.24) is 9.97 Å². The van der Waals surface area contributed by atoms with E-state index in [1.54, 1.807) is 6.92 Å². The molecule has 0 saturated heterocycles. The van der Waals surface area contributed by atoms with E-state index in [9.17, 15) is 13.2 Å². The lowest BCUT2D eigenvalue weighted by Crippen LogP contribution is -2.15. The minimum Gasteiger partial charge on any atom is -0.220 e. The highest BCUT2D eigenvalue weighted by Gasteiger charge is 2.30. The molecule has 1 rings (SSSR count). The molecule has 0 unspecified atom stereocenters. The molecule has 0 fully saturated rings. The van der Waals surface area contributed by atoms with Gasteiger partial charge in [0.1, 0.15) is 22.6 Å². The van der Waals surface area contributed by atoms with E-state index in [1.807, 2.05) is 0 Å². The quantitative estimate of drug-likeness (QED) is 0.760. The molecule has 7 heteroatoms. The summed E-state index contributed by atoms with van der Waals surface area (Å²) in [5.41, 5.74) is 0.462. The minimum absolute atomic E-state index is 0.0169. The molecular formula is C8H7Cl2F3N2. The Morgan fingerprint density at radius 1 is 1.13 bits per heavy atom. The van der Waals surface area contributed by atoms with Crippen LogP contribution in [0, 0.1) is 0 Å². The largest absolute Gasteiger partial charge is 0.396 e. The van der Waals surface area contributed by atoms with Crippen molar-refractivity contribution >= 4 is 23.2 Å². The third-order valence-corrected chi connectivity index (χ3v) is 2.29. The molecule has 0 amide bonds. The van der Waals surface area contributed by atoms with E-state index in [2.05, 4.69) is 9.97 Å². The summed E-state index contributed by atoms with van der Waals surface area (Å²) in [7, 11) is 0. The van der Waals surface area contributed by atoms with Crippen LogP contribution in [0.2, 0.25) is 10.3 Å². The Bertz CT molecular complexity index is 342. The van der Waals surface area contributed by atoms with Crippen LogP contribution >= 0.6 is 23.2 Å². The van der Waals surface area contributed by atoms with Gasteiger partial charge < -0.3 is 0 Å². The van der Waals surface area contributed by atoms with E-state index in [-0.39, 0.29) is 10.3 Å². The van der Waals surface area contributed by atoms with Gasteiger partial charge in [-0.1, -0.05) is 30.1 Å². The zero-order chi connectivity index (χ0) is 11.6. The van der Waals surface area contributed by atoms with Crippen molar-refractivity contribution in [1.29, 1.82) is 0 Å². The first-order valence-corrected chi connectivity index (χ1v) is 4.86. The Balaban J connectivity index is 3.04. The van der Waals surface area contributed by atoms with Crippen molar-refractivity contribution in [2.45, 2.75) is 25.9 Å². The van der Waals surface area contributed by atoms with Crippen LogP contribution in [0.25, 0.3) is 0 Å². The predicted octanol–water partition coefficient (Wildman–Crippen LogP) is 3.45. The number of hydrogen-bond acceptors (Lipinski definition) is 2. The van der Waals surface area contributed by atoms with E-state index in [0.29, 0.717) is 12.0 Å². The van der Waals surface area contributed by atoms with Crippen LogP contribution in [-0.2, 0) is 12.8 Å². The molecule has 84 valence electrons. The van der Waals surface area contributed by atoms with E-state index in [4.69, 9.17) is 23.2 Å². The van der Waals surface area contributed by atoms with Gasteiger partial charge in [-0.25, -0.2) is 9.97 Å². The molecule has 0 spiro atoms. The van der Waals surface area contributed by atoms with Crippen molar-refractivity contribution < 1.29 is 13.2 Å². The fraction of sp³-hybridized carbons (Fsp3) is 0.500. The zero-order valence-electron chi connectivity index (χ0n) is 7.70. The summed E-state index contributed by atoms with van der Waals surface area (Å²) in [6, 6.07) is 0. The first-order valence-electron chi connectivity index (χ1n) is 4.11. The fourth-order valence-corrected chi connectivity index (χ4v) is 1.71. The summed E-state index contributed by atoms with van der Waals surface area (Å²) in [6.07, 6.45) is -5.11. The summed E-state index contributed by atoms with van der Waals surface area (Å²) in [5, 5.41) is -0.0338. The van der Waals surface area contributed by atoms with Crippen molar-refractivity contribution in [2.24, 2.45) is 0 Å². The van der Waals surface area contributed by atoms with Gasteiger partial charge in [0.2, 0.25) is 0 Å². The lowest BCUT2D eigenvalue weighted by Gasteiger charge is -2.08. The Morgan fingerprint density at radius 3 is 1.93 bits per heavy atom. The monoisotopic (exact) mass is 258 g/mol. The summed E-state index contributed by atoms with van der Waals surface area (Å²) in [6.45, 7) is 1.76. The van der Waals surface area contributed by atoms with Gasteiger partial charge in [-0.2, -0.15) is 13.2 Å². The highest BCUT2D eigenvalue weighted by atomic mass is 35.5. The molecule has 1 heterocycles. The van der Waals surface area contributed by atoms with Gasteiger partial charge in [-0.05, 0) is 6.42 Å². The zero-order valence-corrected chi connectivity index (χ0v) is 9.21. The van der Waals surface area contributed by atoms with Gasteiger partial charge in [-0.15, -0.1) is 0 Å². The number of aromatic nitrogens is 2. The third-order valence-electron chi connectivity index (χ3n) is 1.66. The average Bonchev–Trinajstić information content (AvgIpc) is 1.99. The molecule has 0 aliphatic carbocycles. The topological polar surface area (TPSA) is 25.8 Å². The number of hydrogen-bond donors (Lipinski definition) is 0. The molecule has 0 bridgehead atoms. The Hall–Kier alpha value is -0.550. The Morgan fingerprint density at radius 2 is 1.60 bits per heavy atom. The van der Waals surface area contributed by atoms with Gasteiger partial charge in [0.15, 0.2) is 0 Å². The molecule has 1 aromatic rings. The van der Waals surface area contributed by atoms with E-state index in [0.717, 1.165) is 0 Å². The Labute approximate surface area is 94.4 Å². The second-order valence-electron chi connectivity index (χ2n) is 2.85. The predicted molar refractivity (Wildman–Crippen MR) is 51.2 cm³/mol. The highest BCUT2D eigenvalue weighted by Crippen LogP contribution is 2.25. The van der Waals surface area contributed by atoms with Crippen LogP contribution in [0.5, 0.6) is 0 Å². The third kappa shape index (κ3) is 3.50. The standard InChI is InChI=1S/C8H7Cl2F3N2/c1-2-4-6(9)14-5(15-7(4)10)3-8(11,12)13/h2-3H2,1H3. The van der Waals surface area contributed by atoms with Crippen LogP contribution in [0.15, 0.2) is 0 Å². The van der Waals surface area contributed by atoms with Crippen molar-refractivity contribution in [3.05, 3.63) is 21.7 Å². The van der Waals surface area contributed by atoms with Crippen LogP contribution in [0.4, 0.5) is 13.2 Å². The van der Waals surface area contributed by atoms with E-state index < -0.39 is 18.4 Å². The molecule has 1 aromatic heterocycles. The second-order valence-corrected chi connectivity index (χ2v) is 3.56. The molecule has 0 aromatic carbocycles. The molecule has 0 atom stereocenters. The second kappa shape index (κ2) is 4.53. The number of halogens is 5. The summed E-state index contributed by atoms with van der Waals surface area (Å²) in [4.78, 5) is 7.08. The van der Waals surface area contributed by atoms with Crippen molar-refractivity contribution in [2.75, 3.05) is 0 Å².